The molecule has 0 unspecified atom stereocenters. The maximum atomic E-state index is 7.20. The highest BCUT2D eigenvalue weighted by molar-refractivity contribution is 5.32. The lowest BCUT2D eigenvalue weighted by atomic mass is 9.73. The van der Waals surface area contributed by atoms with E-state index in [4.69, 9.17) is 5.73 Å². The average molecular weight is 381 g/mol. The van der Waals surface area contributed by atoms with Crippen LogP contribution in [0.15, 0.2) is 97.6 Å². The fourth-order valence-electron chi connectivity index (χ4n) is 3.70. The van der Waals surface area contributed by atoms with Crippen LogP contribution in [0.4, 0.5) is 0 Å². The molecule has 0 bridgehead atoms. The van der Waals surface area contributed by atoms with Gasteiger partial charge in [-0.2, -0.15) is 0 Å². The van der Waals surface area contributed by atoms with Gasteiger partial charge in [0.25, 0.3) is 0 Å². The first-order valence-electron chi connectivity index (χ1n) is 9.68. The molecule has 5 nitrogen and oxygen atoms in total. The van der Waals surface area contributed by atoms with E-state index < -0.39 is 5.54 Å². The van der Waals surface area contributed by atoms with Crippen molar-refractivity contribution in [1.29, 1.82) is 0 Å². The first-order valence-corrected chi connectivity index (χ1v) is 9.68. The van der Waals surface area contributed by atoms with Gasteiger partial charge in [0.2, 0.25) is 0 Å². The fraction of sp³-hybridized carbons (Fsp3) is 0.167. The number of rotatable bonds is 7. The molecular weight excluding hydrogens is 358 g/mol. The number of hydrogen-bond donors (Lipinski definition) is 1. The molecule has 4 heterocycles. The predicted octanol–water partition coefficient (Wildman–Crippen LogP) is 3.57. The SMILES string of the molecule is NC(c1ccccn1)(c1ccccn1)C(Cc1ccccn1)Cc1ccccn1. The van der Waals surface area contributed by atoms with E-state index in [2.05, 4.69) is 19.9 Å². The second kappa shape index (κ2) is 8.71. The number of nitrogens with zero attached hydrogens (tertiary/aromatic N) is 4. The molecule has 29 heavy (non-hydrogen) atoms. The smallest absolute Gasteiger partial charge is 0.105 e. The molecule has 0 atom stereocenters. The molecular formula is C24H23N5. The minimum atomic E-state index is -0.891. The van der Waals surface area contributed by atoms with Crippen LogP contribution < -0.4 is 5.73 Å². The standard InChI is InChI=1S/C24H23N5/c25-24(22-11-3-7-15-28-22,23-12-4-8-16-29-23)19(17-20-9-1-5-13-26-20)18-21-10-2-6-14-27-21/h1-16,19H,17-18,25H2. The molecule has 5 heteroatoms. The molecule has 0 fully saturated rings. The molecule has 4 aromatic heterocycles. The predicted molar refractivity (Wildman–Crippen MR) is 113 cm³/mol. The molecule has 2 N–H and O–H groups in total. The summed E-state index contributed by atoms with van der Waals surface area (Å²) in [5, 5.41) is 0. The lowest BCUT2D eigenvalue weighted by molar-refractivity contribution is 0.304. The molecule has 0 aromatic carbocycles. The van der Waals surface area contributed by atoms with Gasteiger partial charge >= 0.3 is 0 Å². The highest BCUT2D eigenvalue weighted by atomic mass is 14.9. The Bertz CT molecular complexity index is 927. The average Bonchev–Trinajstić information content (AvgIpc) is 2.81. The van der Waals surface area contributed by atoms with Gasteiger partial charge in [-0.3, -0.25) is 19.9 Å². The molecule has 0 aliphatic rings. The maximum Gasteiger partial charge on any atom is 0.105 e. The highest BCUT2D eigenvalue weighted by Crippen LogP contribution is 2.36. The van der Waals surface area contributed by atoms with Crippen molar-refractivity contribution < 1.29 is 0 Å². The van der Waals surface area contributed by atoms with Gasteiger partial charge in [0.05, 0.1) is 11.4 Å². The number of nitrogens with two attached hydrogens (primary N) is 1. The number of aromatic nitrogens is 4. The molecule has 0 aliphatic heterocycles. The second-order valence-corrected chi connectivity index (χ2v) is 7.05. The topological polar surface area (TPSA) is 77.6 Å². The summed E-state index contributed by atoms with van der Waals surface area (Å²) in [7, 11) is 0. The molecule has 144 valence electrons. The lowest BCUT2D eigenvalue weighted by Crippen LogP contribution is -2.48. The molecule has 0 saturated heterocycles. The van der Waals surface area contributed by atoms with Gasteiger partial charge in [0.15, 0.2) is 0 Å². The Hall–Kier alpha value is -3.44. The van der Waals surface area contributed by atoms with Crippen molar-refractivity contribution in [1.82, 2.24) is 19.9 Å². The molecule has 0 saturated carbocycles. The fourth-order valence-corrected chi connectivity index (χ4v) is 3.70. The highest BCUT2D eigenvalue weighted by Gasteiger charge is 2.41. The molecule has 0 radical (unpaired) electrons. The quantitative estimate of drug-likeness (QED) is 0.529. The minimum absolute atomic E-state index is 0.0444. The van der Waals surface area contributed by atoms with Crippen molar-refractivity contribution in [2.24, 2.45) is 11.7 Å². The van der Waals surface area contributed by atoms with E-state index in [1.54, 1.807) is 12.4 Å². The number of pyridine rings is 4. The lowest BCUT2D eigenvalue weighted by Gasteiger charge is -2.36. The molecule has 4 aromatic rings. The summed E-state index contributed by atoms with van der Waals surface area (Å²) in [6, 6.07) is 23.6. The van der Waals surface area contributed by atoms with E-state index in [0.29, 0.717) is 12.8 Å². The Morgan fingerprint density at radius 2 is 1.00 bits per heavy atom. The van der Waals surface area contributed by atoms with Crippen LogP contribution in [0.2, 0.25) is 0 Å². The third-order valence-corrected chi connectivity index (χ3v) is 5.18. The minimum Gasteiger partial charge on any atom is -0.315 e. The zero-order valence-electron chi connectivity index (χ0n) is 16.1. The summed E-state index contributed by atoms with van der Waals surface area (Å²) in [4.78, 5) is 18.3. The molecule has 0 aliphatic carbocycles. The van der Waals surface area contributed by atoms with E-state index in [9.17, 15) is 0 Å². The summed E-state index contributed by atoms with van der Waals surface area (Å²) in [5.41, 5.74) is 9.85. The van der Waals surface area contributed by atoms with Crippen LogP contribution in [0.3, 0.4) is 0 Å². The Balaban J connectivity index is 1.83. The zero-order valence-corrected chi connectivity index (χ0v) is 16.1. The van der Waals surface area contributed by atoms with Crippen LogP contribution in [0.1, 0.15) is 22.8 Å². The van der Waals surface area contributed by atoms with Crippen LogP contribution in [0.5, 0.6) is 0 Å². The van der Waals surface area contributed by atoms with Crippen molar-refractivity contribution in [2.45, 2.75) is 18.4 Å². The third kappa shape index (κ3) is 4.20. The summed E-state index contributed by atoms with van der Waals surface area (Å²) in [6.07, 6.45) is 8.54. The van der Waals surface area contributed by atoms with Crippen LogP contribution in [0.25, 0.3) is 0 Å². The van der Waals surface area contributed by atoms with Gasteiger partial charge in [-0.25, -0.2) is 0 Å². The molecule has 4 rings (SSSR count). The van der Waals surface area contributed by atoms with Crippen LogP contribution >= 0.6 is 0 Å². The first kappa shape index (κ1) is 18.9. The van der Waals surface area contributed by atoms with E-state index in [0.717, 1.165) is 22.8 Å². The van der Waals surface area contributed by atoms with Crippen LogP contribution in [0, 0.1) is 5.92 Å². The number of hydrogen-bond acceptors (Lipinski definition) is 5. The summed E-state index contributed by atoms with van der Waals surface area (Å²) in [6.45, 7) is 0. The van der Waals surface area contributed by atoms with Crippen molar-refractivity contribution in [3.05, 3.63) is 120 Å². The van der Waals surface area contributed by atoms with Crippen molar-refractivity contribution in [3.8, 4) is 0 Å². The molecule has 0 spiro atoms. The van der Waals surface area contributed by atoms with E-state index in [-0.39, 0.29) is 5.92 Å². The summed E-state index contributed by atoms with van der Waals surface area (Å²) < 4.78 is 0. The maximum absolute atomic E-state index is 7.20. The van der Waals surface area contributed by atoms with Crippen molar-refractivity contribution >= 4 is 0 Å². The normalized spacial score (nSPS) is 11.5. The Labute approximate surface area is 170 Å². The Morgan fingerprint density at radius 1 is 0.586 bits per heavy atom. The van der Waals surface area contributed by atoms with Gasteiger partial charge in [0.1, 0.15) is 5.54 Å². The van der Waals surface area contributed by atoms with E-state index in [1.807, 2.05) is 85.2 Å². The summed E-state index contributed by atoms with van der Waals surface area (Å²) >= 11 is 0. The van der Waals surface area contributed by atoms with Gasteiger partial charge in [-0.05, 0) is 67.3 Å². The van der Waals surface area contributed by atoms with E-state index >= 15 is 0 Å². The van der Waals surface area contributed by atoms with Gasteiger partial charge in [-0.15, -0.1) is 0 Å². The van der Waals surface area contributed by atoms with Crippen LogP contribution in [-0.4, -0.2) is 19.9 Å². The van der Waals surface area contributed by atoms with Gasteiger partial charge in [0, 0.05) is 36.2 Å². The first-order chi connectivity index (χ1) is 14.3. The Kier molecular flexibility index (Phi) is 5.68. The van der Waals surface area contributed by atoms with Gasteiger partial charge < -0.3 is 5.73 Å². The Morgan fingerprint density at radius 3 is 1.34 bits per heavy atom. The largest absolute Gasteiger partial charge is 0.315 e. The monoisotopic (exact) mass is 381 g/mol. The third-order valence-electron chi connectivity index (χ3n) is 5.18. The second-order valence-electron chi connectivity index (χ2n) is 7.05. The van der Waals surface area contributed by atoms with E-state index in [1.165, 1.54) is 0 Å². The zero-order chi connectivity index (χ0) is 19.9. The molecule has 0 amide bonds. The van der Waals surface area contributed by atoms with Crippen molar-refractivity contribution in [2.75, 3.05) is 0 Å². The van der Waals surface area contributed by atoms with Crippen molar-refractivity contribution in [3.63, 3.8) is 0 Å². The van der Waals surface area contributed by atoms with Crippen LogP contribution in [-0.2, 0) is 18.4 Å². The van der Waals surface area contributed by atoms with Gasteiger partial charge in [-0.1, -0.05) is 24.3 Å². The summed E-state index contributed by atoms with van der Waals surface area (Å²) in [5.74, 6) is -0.0444.